The zero-order valence-electron chi connectivity index (χ0n) is 11.8. The fourth-order valence-electron chi connectivity index (χ4n) is 4.21. The molecule has 2 aliphatic heterocycles. The van der Waals surface area contributed by atoms with Gasteiger partial charge in [0.25, 0.3) is 0 Å². The first-order valence-corrected chi connectivity index (χ1v) is 8.02. The number of nitrogens with one attached hydrogen (secondary N) is 1. The predicted octanol–water partition coefficient (Wildman–Crippen LogP) is 1.10. The van der Waals surface area contributed by atoms with Crippen LogP contribution in [0.25, 0.3) is 0 Å². The molecule has 1 aliphatic carbocycles. The van der Waals surface area contributed by atoms with Gasteiger partial charge in [0.15, 0.2) is 0 Å². The maximum atomic E-state index is 12.4. The lowest BCUT2D eigenvalue weighted by atomic mass is 9.81. The zero-order chi connectivity index (χ0) is 13.2. The van der Waals surface area contributed by atoms with Crippen molar-refractivity contribution in [2.45, 2.75) is 57.0 Å². The Bertz CT molecular complexity index is 325. The van der Waals surface area contributed by atoms with Crippen LogP contribution in [0.5, 0.6) is 0 Å². The molecular weight excluding hydrogens is 238 g/mol. The number of rotatable bonds is 3. The highest BCUT2D eigenvalue weighted by Gasteiger charge is 2.38. The summed E-state index contributed by atoms with van der Waals surface area (Å²) in [4.78, 5) is 14.9. The van der Waals surface area contributed by atoms with Crippen LogP contribution in [0.4, 0.5) is 0 Å². The van der Waals surface area contributed by atoms with Crippen LogP contribution in [0.3, 0.4) is 0 Å². The summed E-state index contributed by atoms with van der Waals surface area (Å²) >= 11 is 0. The first-order chi connectivity index (χ1) is 9.28. The van der Waals surface area contributed by atoms with Crippen LogP contribution >= 0.6 is 0 Å². The lowest BCUT2D eigenvalue weighted by Gasteiger charge is -2.29. The van der Waals surface area contributed by atoms with Crippen molar-refractivity contribution in [2.24, 2.45) is 17.6 Å². The number of carbonyl (C=O) groups is 1. The Morgan fingerprint density at radius 1 is 1.11 bits per heavy atom. The summed E-state index contributed by atoms with van der Waals surface area (Å²) in [5, 5.41) is 3.34. The van der Waals surface area contributed by atoms with Gasteiger partial charge < -0.3 is 11.1 Å². The minimum Gasteiger partial charge on any atom is -0.352 e. The standard InChI is InChI=1S/C15H27N3O/c16-10-11-3-5-12(6-4-11)15(19)17-13-7-9-18-8-1-2-14(13)18/h11-14H,1-10,16H2,(H,17,19). The lowest BCUT2D eigenvalue weighted by Crippen LogP contribution is -2.45. The van der Waals surface area contributed by atoms with E-state index in [4.69, 9.17) is 5.73 Å². The topological polar surface area (TPSA) is 58.4 Å². The second-order valence-corrected chi connectivity index (χ2v) is 6.60. The smallest absolute Gasteiger partial charge is 0.223 e. The number of nitrogens with two attached hydrogens (primary N) is 1. The third-order valence-corrected chi connectivity index (χ3v) is 5.48. The van der Waals surface area contributed by atoms with Crippen LogP contribution in [0.15, 0.2) is 0 Å². The summed E-state index contributed by atoms with van der Waals surface area (Å²) in [5.74, 6) is 1.22. The Morgan fingerprint density at radius 3 is 2.63 bits per heavy atom. The fraction of sp³-hybridized carbons (Fsp3) is 0.933. The molecule has 108 valence electrons. The van der Waals surface area contributed by atoms with E-state index in [9.17, 15) is 4.79 Å². The van der Waals surface area contributed by atoms with Gasteiger partial charge in [-0.25, -0.2) is 0 Å². The molecule has 2 heterocycles. The summed E-state index contributed by atoms with van der Waals surface area (Å²) in [6.07, 6.45) is 8.06. The van der Waals surface area contributed by atoms with Gasteiger partial charge in [-0.05, 0) is 64.0 Å². The molecule has 3 aliphatic rings. The van der Waals surface area contributed by atoms with Crippen LogP contribution < -0.4 is 11.1 Å². The van der Waals surface area contributed by atoms with E-state index in [-0.39, 0.29) is 5.92 Å². The first-order valence-electron chi connectivity index (χ1n) is 8.02. The monoisotopic (exact) mass is 265 g/mol. The summed E-state index contributed by atoms with van der Waals surface area (Å²) in [7, 11) is 0. The number of nitrogens with zero attached hydrogens (tertiary/aromatic N) is 1. The predicted molar refractivity (Wildman–Crippen MR) is 75.6 cm³/mol. The molecule has 3 fully saturated rings. The van der Waals surface area contributed by atoms with Crippen molar-refractivity contribution in [3.8, 4) is 0 Å². The molecule has 0 bridgehead atoms. The van der Waals surface area contributed by atoms with E-state index in [2.05, 4.69) is 10.2 Å². The van der Waals surface area contributed by atoms with Crippen LogP contribution in [0.2, 0.25) is 0 Å². The average Bonchev–Trinajstić information content (AvgIpc) is 3.04. The molecule has 3 N–H and O–H groups in total. The molecule has 0 spiro atoms. The van der Waals surface area contributed by atoms with E-state index in [1.807, 2.05) is 0 Å². The molecule has 0 radical (unpaired) electrons. The summed E-state index contributed by atoms with van der Waals surface area (Å²) in [6, 6.07) is 1.05. The molecule has 1 saturated carbocycles. The van der Waals surface area contributed by atoms with Gasteiger partial charge in [0, 0.05) is 24.5 Å². The van der Waals surface area contributed by atoms with Gasteiger partial charge in [0.2, 0.25) is 5.91 Å². The third kappa shape index (κ3) is 2.79. The van der Waals surface area contributed by atoms with Crippen molar-refractivity contribution < 1.29 is 4.79 Å². The highest BCUT2D eigenvalue weighted by molar-refractivity contribution is 5.79. The largest absolute Gasteiger partial charge is 0.352 e. The average molecular weight is 265 g/mol. The minimum atomic E-state index is 0.248. The zero-order valence-corrected chi connectivity index (χ0v) is 11.8. The second kappa shape index (κ2) is 5.80. The number of carbonyl (C=O) groups excluding carboxylic acids is 1. The number of amides is 1. The van der Waals surface area contributed by atoms with Gasteiger partial charge in [0.1, 0.15) is 0 Å². The maximum Gasteiger partial charge on any atom is 0.223 e. The molecule has 4 heteroatoms. The number of hydrogen-bond acceptors (Lipinski definition) is 3. The Hall–Kier alpha value is -0.610. The van der Waals surface area contributed by atoms with Gasteiger partial charge in [-0.15, -0.1) is 0 Å². The van der Waals surface area contributed by atoms with Gasteiger partial charge >= 0.3 is 0 Å². The first kappa shape index (κ1) is 13.4. The molecule has 2 atom stereocenters. The molecule has 19 heavy (non-hydrogen) atoms. The highest BCUT2D eigenvalue weighted by Crippen LogP contribution is 2.31. The fourth-order valence-corrected chi connectivity index (χ4v) is 4.21. The SMILES string of the molecule is NCC1CCC(C(=O)NC2CCN3CCCC23)CC1. The van der Waals surface area contributed by atoms with E-state index in [1.165, 1.54) is 25.9 Å². The molecule has 0 aromatic carbocycles. The highest BCUT2D eigenvalue weighted by atomic mass is 16.2. The molecule has 2 unspecified atom stereocenters. The van der Waals surface area contributed by atoms with Gasteiger partial charge in [0.05, 0.1) is 0 Å². The summed E-state index contributed by atoms with van der Waals surface area (Å²) in [6.45, 7) is 3.20. The second-order valence-electron chi connectivity index (χ2n) is 6.60. The number of hydrogen-bond donors (Lipinski definition) is 2. The Balaban J connectivity index is 1.49. The van der Waals surface area contributed by atoms with Crippen LogP contribution in [-0.4, -0.2) is 42.5 Å². The van der Waals surface area contributed by atoms with E-state index >= 15 is 0 Å². The van der Waals surface area contributed by atoms with E-state index in [1.54, 1.807) is 0 Å². The van der Waals surface area contributed by atoms with E-state index in [0.717, 1.165) is 38.6 Å². The normalized spacial score (nSPS) is 39.2. The van der Waals surface area contributed by atoms with Crippen molar-refractivity contribution in [1.29, 1.82) is 0 Å². The van der Waals surface area contributed by atoms with E-state index < -0.39 is 0 Å². The Kier molecular flexibility index (Phi) is 4.08. The van der Waals surface area contributed by atoms with Gasteiger partial charge in [-0.1, -0.05) is 0 Å². The van der Waals surface area contributed by atoms with Crippen LogP contribution in [0, 0.1) is 11.8 Å². The van der Waals surface area contributed by atoms with Crippen molar-refractivity contribution in [3.63, 3.8) is 0 Å². The molecule has 4 nitrogen and oxygen atoms in total. The molecule has 1 amide bonds. The molecule has 3 rings (SSSR count). The molecular formula is C15H27N3O. The Labute approximate surface area is 116 Å². The number of fused-ring (bicyclic) bond motifs is 1. The minimum absolute atomic E-state index is 0.248. The van der Waals surface area contributed by atoms with E-state index in [0.29, 0.717) is 23.9 Å². The Morgan fingerprint density at radius 2 is 1.89 bits per heavy atom. The van der Waals surface area contributed by atoms with Crippen LogP contribution in [0.1, 0.15) is 44.9 Å². The van der Waals surface area contributed by atoms with Crippen molar-refractivity contribution in [3.05, 3.63) is 0 Å². The van der Waals surface area contributed by atoms with Crippen LogP contribution in [-0.2, 0) is 4.79 Å². The van der Waals surface area contributed by atoms with Crippen molar-refractivity contribution >= 4 is 5.91 Å². The third-order valence-electron chi connectivity index (χ3n) is 5.48. The molecule has 0 aromatic heterocycles. The lowest BCUT2D eigenvalue weighted by molar-refractivity contribution is -0.127. The van der Waals surface area contributed by atoms with Gasteiger partial charge in [-0.2, -0.15) is 0 Å². The maximum absolute atomic E-state index is 12.4. The van der Waals surface area contributed by atoms with Crippen molar-refractivity contribution in [1.82, 2.24) is 10.2 Å². The molecule has 0 aromatic rings. The summed E-state index contributed by atoms with van der Waals surface area (Å²) in [5.41, 5.74) is 5.71. The molecule has 2 saturated heterocycles. The van der Waals surface area contributed by atoms with Gasteiger partial charge in [-0.3, -0.25) is 9.69 Å². The summed E-state index contributed by atoms with van der Waals surface area (Å²) < 4.78 is 0. The quantitative estimate of drug-likeness (QED) is 0.803. The van der Waals surface area contributed by atoms with Crippen molar-refractivity contribution in [2.75, 3.05) is 19.6 Å².